The molecule has 32 heavy (non-hydrogen) atoms. The van der Waals surface area contributed by atoms with E-state index in [1.54, 1.807) is 0 Å². The highest BCUT2D eigenvalue weighted by Crippen LogP contribution is 2.70. The Balaban J connectivity index is 1.44. The van der Waals surface area contributed by atoms with Gasteiger partial charge in [-0.25, -0.2) is 14.8 Å². The van der Waals surface area contributed by atoms with E-state index in [9.17, 15) is 4.79 Å². The molecule has 0 saturated heterocycles. The molecule has 0 amide bonds. The summed E-state index contributed by atoms with van der Waals surface area (Å²) in [5.41, 5.74) is 3.38. The first kappa shape index (κ1) is 20.3. The van der Waals surface area contributed by atoms with Crippen LogP contribution >= 0.6 is 0 Å². The van der Waals surface area contributed by atoms with Crippen LogP contribution in [0.4, 0.5) is 0 Å². The van der Waals surface area contributed by atoms with Crippen molar-refractivity contribution in [2.24, 2.45) is 27.3 Å². The number of carbonyl (C=O) groups excluding carboxylic acids is 1. The molecule has 0 radical (unpaired) electrons. The van der Waals surface area contributed by atoms with Gasteiger partial charge in [-0.1, -0.05) is 58.8 Å². The lowest BCUT2D eigenvalue weighted by Gasteiger charge is -2.38. The van der Waals surface area contributed by atoms with Gasteiger partial charge >= 0.3 is 5.97 Å². The van der Waals surface area contributed by atoms with Crippen molar-refractivity contribution in [1.29, 1.82) is 0 Å². The quantitative estimate of drug-likeness (QED) is 0.452. The molecule has 4 atom stereocenters. The zero-order valence-corrected chi connectivity index (χ0v) is 20.1. The average Bonchev–Trinajstić information content (AvgIpc) is 3.25. The van der Waals surface area contributed by atoms with E-state index in [1.807, 2.05) is 24.3 Å². The van der Waals surface area contributed by atoms with E-state index in [0.29, 0.717) is 5.92 Å². The predicted molar refractivity (Wildman–Crippen MR) is 124 cm³/mol. The van der Waals surface area contributed by atoms with Crippen molar-refractivity contribution in [1.82, 2.24) is 9.97 Å². The van der Waals surface area contributed by atoms with Gasteiger partial charge < -0.3 is 4.84 Å². The maximum Gasteiger partial charge on any atom is 0.347 e. The fourth-order valence-corrected chi connectivity index (χ4v) is 7.74. The van der Waals surface area contributed by atoms with E-state index in [0.717, 1.165) is 53.8 Å². The number of fused-ring (bicyclic) bond motifs is 8. The van der Waals surface area contributed by atoms with Crippen LogP contribution < -0.4 is 0 Å². The summed E-state index contributed by atoms with van der Waals surface area (Å²) in [7, 11) is 0. The summed E-state index contributed by atoms with van der Waals surface area (Å²) in [5, 5.41) is 4.57. The zero-order chi connectivity index (χ0) is 22.7. The maximum absolute atomic E-state index is 13.9. The summed E-state index contributed by atoms with van der Waals surface area (Å²) in [6.07, 6.45) is 4.92. The standard InChI is InChI=1S/C27H33N3O2/c1-23(2)16-11-12-25(23,5)19(15-16)30-32-22(31)27-14-13-26(6,24(27,3)4)20-21(27)29-18-10-8-7-9-17(18)28-20/h7-10,16H,11-15H2,1-6H3. The Morgan fingerprint density at radius 1 is 0.938 bits per heavy atom. The predicted octanol–water partition coefficient (Wildman–Crippen LogP) is 5.70. The van der Waals surface area contributed by atoms with Crippen LogP contribution in [0.25, 0.3) is 11.0 Å². The summed E-state index contributed by atoms with van der Waals surface area (Å²) in [6.45, 7) is 13.6. The summed E-state index contributed by atoms with van der Waals surface area (Å²) >= 11 is 0. The van der Waals surface area contributed by atoms with E-state index < -0.39 is 5.41 Å². The van der Waals surface area contributed by atoms with Crippen LogP contribution in [0.5, 0.6) is 0 Å². The molecule has 0 spiro atoms. The molecule has 1 aromatic heterocycles. The average molecular weight is 432 g/mol. The first-order valence-electron chi connectivity index (χ1n) is 12.1. The van der Waals surface area contributed by atoms with Crippen molar-refractivity contribution in [3.05, 3.63) is 35.7 Å². The molecule has 1 heterocycles. The zero-order valence-electron chi connectivity index (χ0n) is 20.1. The molecular weight excluding hydrogens is 398 g/mol. The number of hydrogen-bond donors (Lipinski definition) is 0. The second kappa shape index (κ2) is 5.78. The highest BCUT2D eigenvalue weighted by molar-refractivity contribution is 5.95. The minimum Gasteiger partial charge on any atom is -0.317 e. The summed E-state index contributed by atoms with van der Waals surface area (Å²) in [4.78, 5) is 29.8. The monoisotopic (exact) mass is 431 g/mol. The highest BCUT2D eigenvalue weighted by Gasteiger charge is 2.74. The molecule has 6 rings (SSSR count). The van der Waals surface area contributed by atoms with Gasteiger partial charge in [0.2, 0.25) is 0 Å². The third-order valence-electron chi connectivity index (χ3n) is 11.0. The topological polar surface area (TPSA) is 64.4 Å². The third-order valence-corrected chi connectivity index (χ3v) is 11.0. The number of oxime groups is 1. The number of rotatable bonds is 2. The van der Waals surface area contributed by atoms with Crippen molar-refractivity contribution < 1.29 is 9.63 Å². The molecule has 0 aliphatic heterocycles. The Kier molecular flexibility index (Phi) is 3.67. The van der Waals surface area contributed by atoms with Gasteiger partial charge in [0.05, 0.1) is 28.1 Å². The number of benzene rings is 1. The van der Waals surface area contributed by atoms with Crippen molar-refractivity contribution in [2.75, 3.05) is 0 Å². The van der Waals surface area contributed by atoms with Crippen molar-refractivity contribution in [3.63, 3.8) is 0 Å². The molecule has 1 aromatic carbocycles. The Hall–Kier alpha value is -2.30. The maximum atomic E-state index is 13.9. The third kappa shape index (κ3) is 1.99. The number of aromatic nitrogens is 2. The molecule has 0 N–H and O–H groups in total. The van der Waals surface area contributed by atoms with Gasteiger partial charge in [-0.15, -0.1) is 0 Å². The van der Waals surface area contributed by atoms with Crippen LogP contribution in [-0.4, -0.2) is 21.6 Å². The number of nitrogens with zero attached hydrogens (tertiary/aromatic N) is 3. The van der Waals surface area contributed by atoms with Crippen LogP contribution in [0.2, 0.25) is 0 Å². The van der Waals surface area contributed by atoms with Crippen LogP contribution in [0, 0.1) is 22.2 Å². The Morgan fingerprint density at radius 3 is 2.19 bits per heavy atom. The lowest BCUT2D eigenvalue weighted by molar-refractivity contribution is -0.155. The molecule has 4 bridgehead atoms. The Labute approximate surface area is 190 Å². The molecule has 3 fully saturated rings. The minimum absolute atomic E-state index is 0.0128. The molecule has 2 aromatic rings. The molecule has 5 nitrogen and oxygen atoms in total. The van der Waals surface area contributed by atoms with E-state index in [1.165, 1.54) is 6.42 Å². The largest absolute Gasteiger partial charge is 0.347 e. The molecule has 3 saturated carbocycles. The van der Waals surface area contributed by atoms with Crippen molar-refractivity contribution >= 4 is 22.7 Å². The van der Waals surface area contributed by atoms with Gasteiger partial charge in [-0.05, 0) is 61.0 Å². The van der Waals surface area contributed by atoms with Gasteiger partial charge in [0, 0.05) is 10.8 Å². The van der Waals surface area contributed by atoms with E-state index in [4.69, 9.17) is 14.8 Å². The normalized spacial score (nSPS) is 39.1. The number of carbonyl (C=O) groups is 1. The summed E-state index contributed by atoms with van der Waals surface area (Å²) < 4.78 is 0. The van der Waals surface area contributed by atoms with E-state index >= 15 is 0 Å². The van der Waals surface area contributed by atoms with Gasteiger partial charge in [0.25, 0.3) is 0 Å². The van der Waals surface area contributed by atoms with Crippen LogP contribution in [-0.2, 0) is 20.5 Å². The summed E-state index contributed by atoms with van der Waals surface area (Å²) in [5.74, 6) is 0.366. The van der Waals surface area contributed by atoms with Gasteiger partial charge in [0.1, 0.15) is 5.41 Å². The Morgan fingerprint density at radius 2 is 1.59 bits per heavy atom. The fraction of sp³-hybridized carbons (Fsp3) is 0.630. The van der Waals surface area contributed by atoms with E-state index in [2.05, 4.69) is 46.7 Å². The highest BCUT2D eigenvalue weighted by atomic mass is 16.7. The smallest absolute Gasteiger partial charge is 0.317 e. The lowest BCUT2D eigenvalue weighted by atomic mass is 9.64. The van der Waals surface area contributed by atoms with Crippen LogP contribution in [0.15, 0.2) is 29.4 Å². The van der Waals surface area contributed by atoms with Gasteiger partial charge in [-0.2, -0.15) is 0 Å². The van der Waals surface area contributed by atoms with Crippen LogP contribution in [0.1, 0.15) is 85.0 Å². The number of hydrogen-bond acceptors (Lipinski definition) is 5. The molecule has 4 aliphatic carbocycles. The molecule has 5 heteroatoms. The summed E-state index contributed by atoms with van der Waals surface area (Å²) in [6, 6.07) is 7.93. The fourth-order valence-electron chi connectivity index (χ4n) is 7.74. The molecular formula is C27H33N3O2. The second-order valence-corrected chi connectivity index (χ2v) is 12.2. The van der Waals surface area contributed by atoms with Gasteiger partial charge in [-0.3, -0.25) is 0 Å². The molecule has 4 unspecified atom stereocenters. The van der Waals surface area contributed by atoms with E-state index in [-0.39, 0.29) is 27.6 Å². The van der Waals surface area contributed by atoms with Crippen molar-refractivity contribution in [3.8, 4) is 0 Å². The minimum atomic E-state index is -0.813. The SMILES string of the molecule is CC12CCC(CC1=NOC(=O)C13CCC(C)(c4nc5ccccc5nc41)C3(C)C)C2(C)C. The number of para-hydroxylation sites is 2. The van der Waals surface area contributed by atoms with Crippen LogP contribution in [0.3, 0.4) is 0 Å². The Bertz CT molecular complexity index is 1210. The van der Waals surface area contributed by atoms with Gasteiger partial charge in [0.15, 0.2) is 0 Å². The van der Waals surface area contributed by atoms with Crippen molar-refractivity contribution in [2.45, 2.75) is 84.5 Å². The lowest BCUT2D eigenvalue weighted by Crippen LogP contribution is -2.46. The first-order chi connectivity index (χ1) is 15.0. The molecule has 168 valence electrons. The molecule has 4 aliphatic rings. The second-order valence-electron chi connectivity index (χ2n) is 12.2. The first-order valence-corrected chi connectivity index (χ1v) is 12.1.